The fraction of sp³-hybridized carbons (Fsp3) is 0.0385. The maximum atomic E-state index is 14.0. The molecule has 3 N–H and O–H groups in total. The Morgan fingerprint density at radius 1 is 0.886 bits per heavy atom. The average Bonchev–Trinajstić information content (AvgIpc) is 2.88. The highest BCUT2D eigenvalue weighted by Crippen LogP contribution is 2.43. The Bertz CT molecular complexity index is 1590. The van der Waals surface area contributed by atoms with E-state index in [1.54, 1.807) is 36.4 Å². The maximum Gasteiger partial charge on any atom is 0.269 e. The molecule has 0 saturated carbocycles. The molecule has 2 heterocycles. The second kappa shape index (κ2) is 8.96. The molecular formula is C26H18N4O4S. The first-order valence-corrected chi connectivity index (χ1v) is 11.1. The summed E-state index contributed by atoms with van der Waals surface area (Å²) in [6.45, 7) is 0. The zero-order valence-electron chi connectivity index (χ0n) is 18.1. The van der Waals surface area contributed by atoms with Crippen molar-refractivity contribution >= 4 is 35.2 Å². The zero-order valence-corrected chi connectivity index (χ0v) is 19.0. The number of H-pyrrole nitrogens is 2. The quantitative estimate of drug-likeness (QED) is 0.156. The van der Waals surface area contributed by atoms with Gasteiger partial charge < -0.3 is 10.3 Å². The van der Waals surface area contributed by atoms with Crippen LogP contribution in [0.25, 0.3) is 5.70 Å². The number of non-ortho nitro benzene ring substituents is 1. The van der Waals surface area contributed by atoms with E-state index in [4.69, 9.17) is 12.2 Å². The van der Waals surface area contributed by atoms with Gasteiger partial charge in [-0.2, -0.15) is 0 Å². The number of aromatic amines is 2. The van der Waals surface area contributed by atoms with Crippen LogP contribution < -0.4 is 10.9 Å². The molecule has 0 aliphatic carbocycles. The molecule has 0 spiro atoms. The number of benzene rings is 3. The lowest BCUT2D eigenvalue weighted by molar-refractivity contribution is -0.384. The van der Waals surface area contributed by atoms with E-state index in [-0.39, 0.29) is 21.8 Å². The molecule has 35 heavy (non-hydrogen) atoms. The van der Waals surface area contributed by atoms with E-state index in [0.29, 0.717) is 28.2 Å². The predicted molar refractivity (Wildman–Crippen MR) is 135 cm³/mol. The lowest BCUT2D eigenvalue weighted by atomic mass is 9.78. The highest BCUT2D eigenvalue weighted by Gasteiger charge is 2.37. The third-order valence-corrected chi connectivity index (χ3v) is 6.06. The first-order chi connectivity index (χ1) is 16.9. The van der Waals surface area contributed by atoms with Crippen molar-refractivity contribution in [3.63, 3.8) is 0 Å². The number of aromatic nitrogens is 2. The smallest absolute Gasteiger partial charge is 0.269 e. The highest BCUT2D eigenvalue weighted by atomic mass is 32.1. The summed E-state index contributed by atoms with van der Waals surface area (Å²) in [6.07, 6.45) is 0. The molecule has 3 aromatic carbocycles. The predicted octanol–water partition coefficient (Wildman–Crippen LogP) is 5.19. The average molecular weight is 483 g/mol. The number of hydrogen-bond acceptors (Lipinski definition) is 6. The van der Waals surface area contributed by atoms with Crippen LogP contribution in [0.5, 0.6) is 0 Å². The first kappa shape index (κ1) is 22.2. The van der Waals surface area contributed by atoms with Crippen LogP contribution in [-0.2, 0) is 0 Å². The topological polar surface area (TPSA) is 121 Å². The van der Waals surface area contributed by atoms with Gasteiger partial charge in [0.1, 0.15) is 5.82 Å². The number of nitro groups is 1. The summed E-state index contributed by atoms with van der Waals surface area (Å²) in [6, 6.07) is 23.9. The normalized spacial score (nSPS) is 14.7. The van der Waals surface area contributed by atoms with Gasteiger partial charge in [0.25, 0.3) is 11.2 Å². The number of nitrogens with one attached hydrogen (secondary N) is 3. The molecule has 172 valence electrons. The van der Waals surface area contributed by atoms with Crippen LogP contribution in [0.2, 0.25) is 0 Å². The fourth-order valence-corrected chi connectivity index (χ4v) is 4.49. The Hall–Kier alpha value is -4.63. The van der Waals surface area contributed by atoms with Crippen molar-refractivity contribution in [2.75, 3.05) is 5.32 Å². The summed E-state index contributed by atoms with van der Waals surface area (Å²) in [5.74, 6) is -0.719. The molecule has 1 unspecified atom stereocenters. The number of nitro benzene ring substituents is 1. The number of ketones is 1. The van der Waals surface area contributed by atoms with E-state index in [0.717, 1.165) is 5.56 Å². The number of carbonyl (C=O) groups is 1. The number of allylic oxidation sites excluding steroid dienone is 1. The van der Waals surface area contributed by atoms with E-state index in [1.807, 2.05) is 36.4 Å². The van der Waals surface area contributed by atoms with E-state index >= 15 is 0 Å². The van der Waals surface area contributed by atoms with Crippen LogP contribution in [0.1, 0.15) is 33.0 Å². The van der Waals surface area contributed by atoms with Crippen molar-refractivity contribution in [2.45, 2.75) is 5.92 Å². The van der Waals surface area contributed by atoms with Crippen LogP contribution in [0.15, 0.2) is 95.3 Å². The number of Topliss-reactive ketones (excluding diaryl/α,β-unsaturated/α-hetero) is 1. The van der Waals surface area contributed by atoms with Gasteiger partial charge in [0.05, 0.1) is 16.2 Å². The van der Waals surface area contributed by atoms with Crippen molar-refractivity contribution in [3.8, 4) is 0 Å². The Balaban J connectivity index is 1.84. The number of nitrogens with zero attached hydrogens (tertiary/aromatic N) is 1. The molecule has 1 aliphatic heterocycles. The number of rotatable bonds is 5. The van der Waals surface area contributed by atoms with Gasteiger partial charge in [-0.25, -0.2) is 0 Å². The lowest BCUT2D eigenvalue weighted by Gasteiger charge is -2.31. The number of fused-ring (bicyclic) bond motifs is 1. The van der Waals surface area contributed by atoms with Gasteiger partial charge in [0, 0.05) is 29.2 Å². The van der Waals surface area contributed by atoms with Gasteiger partial charge in [-0.15, -0.1) is 0 Å². The van der Waals surface area contributed by atoms with Crippen molar-refractivity contribution in [1.29, 1.82) is 0 Å². The van der Waals surface area contributed by atoms with E-state index in [1.165, 1.54) is 12.1 Å². The standard InChI is InChI=1S/C26H18N4O4S/c31-23(17-9-5-2-6-10-17)20-19(15-11-13-18(14-12-15)30(33)34)21-24(28-26(35)29-25(21)32)27-22(20)16-7-3-1-4-8-16/h1-14,19H,(H3,27,28,29,32,35). The van der Waals surface area contributed by atoms with Crippen LogP contribution in [0, 0.1) is 14.9 Å². The zero-order chi connectivity index (χ0) is 24.5. The number of carbonyl (C=O) groups excluding carboxylic acids is 1. The van der Waals surface area contributed by atoms with Gasteiger partial charge >= 0.3 is 0 Å². The largest absolute Gasteiger partial charge is 0.340 e. The van der Waals surface area contributed by atoms with Gasteiger partial charge in [-0.3, -0.25) is 24.7 Å². The fourth-order valence-electron chi connectivity index (χ4n) is 4.30. The molecule has 5 rings (SSSR count). The molecule has 0 saturated heterocycles. The third-order valence-electron chi connectivity index (χ3n) is 5.86. The maximum absolute atomic E-state index is 14.0. The SMILES string of the molecule is O=C(C1=C(c2ccccc2)Nc2[nH]c(=S)[nH]c(=O)c2C1c1ccc([N+](=O)[O-])cc1)c1ccccc1. The summed E-state index contributed by atoms with van der Waals surface area (Å²) < 4.78 is 0.133. The van der Waals surface area contributed by atoms with Crippen LogP contribution in [-0.4, -0.2) is 20.7 Å². The lowest BCUT2D eigenvalue weighted by Crippen LogP contribution is -2.30. The molecule has 0 radical (unpaired) electrons. The highest BCUT2D eigenvalue weighted by molar-refractivity contribution is 7.71. The van der Waals surface area contributed by atoms with Crippen molar-refractivity contribution in [1.82, 2.24) is 9.97 Å². The molecule has 1 atom stereocenters. The van der Waals surface area contributed by atoms with Gasteiger partial charge in [-0.1, -0.05) is 72.8 Å². The summed E-state index contributed by atoms with van der Waals surface area (Å²) in [5, 5.41) is 14.5. The van der Waals surface area contributed by atoms with E-state index in [9.17, 15) is 19.7 Å². The molecule has 0 bridgehead atoms. The molecule has 1 aromatic heterocycles. The third kappa shape index (κ3) is 4.09. The van der Waals surface area contributed by atoms with Gasteiger partial charge in [0.2, 0.25) is 0 Å². The Morgan fingerprint density at radius 3 is 2.14 bits per heavy atom. The summed E-state index contributed by atoms with van der Waals surface area (Å²) >= 11 is 5.19. The Labute approximate surface area is 204 Å². The minimum absolute atomic E-state index is 0.0903. The molecule has 0 amide bonds. The monoisotopic (exact) mass is 482 g/mol. The van der Waals surface area contributed by atoms with Crippen molar-refractivity contribution < 1.29 is 9.72 Å². The molecule has 8 nitrogen and oxygen atoms in total. The van der Waals surface area contributed by atoms with Gasteiger partial charge in [0.15, 0.2) is 10.6 Å². The Kier molecular flexibility index (Phi) is 5.68. The Morgan fingerprint density at radius 2 is 1.51 bits per heavy atom. The second-order valence-electron chi connectivity index (χ2n) is 7.95. The van der Waals surface area contributed by atoms with E-state index < -0.39 is 16.4 Å². The minimum Gasteiger partial charge on any atom is -0.340 e. The van der Waals surface area contributed by atoms with Crippen molar-refractivity contribution in [2.24, 2.45) is 0 Å². The van der Waals surface area contributed by atoms with Crippen LogP contribution in [0.3, 0.4) is 0 Å². The molecular weight excluding hydrogens is 464 g/mol. The van der Waals surface area contributed by atoms with Gasteiger partial charge in [-0.05, 0) is 23.3 Å². The van der Waals surface area contributed by atoms with E-state index in [2.05, 4.69) is 15.3 Å². The minimum atomic E-state index is -0.814. The summed E-state index contributed by atoms with van der Waals surface area (Å²) in [7, 11) is 0. The van der Waals surface area contributed by atoms with Crippen LogP contribution >= 0.6 is 12.2 Å². The first-order valence-electron chi connectivity index (χ1n) is 10.7. The summed E-state index contributed by atoms with van der Waals surface area (Å²) in [5.41, 5.74) is 2.34. The number of anilines is 1. The summed E-state index contributed by atoms with van der Waals surface area (Å²) in [4.78, 5) is 43.5. The van der Waals surface area contributed by atoms with Crippen molar-refractivity contribution in [3.05, 3.63) is 138 Å². The number of hydrogen-bond donors (Lipinski definition) is 3. The molecule has 0 fully saturated rings. The molecule has 9 heteroatoms. The van der Waals surface area contributed by atoms with Crippen LogP contribution in [0.4, 0.5) is 11.5 Å². The second-order valence-corrected chi connectivity index (χ2v) is 8.36. The molecule has 1 aliphatic rings. The molecule has 4 aromatic rings.